The van der Waals surface area contributed by atoms with Gasteiger partial charge >= 0.3 is 6.18 Å². The zero-order valence-electron chi connectivity index (χ0n) is 23.2. The molecule has 0 bridgehead atoms. The summed E-state index contributed by atoms with van der Waals surface area (Å²) in [5.41, 5.74) is -1.21. The summed E-state index contributed by atoms with van der Waals surface area (Å²) < 4.78 is 83.4. The normalized spacial score (nSPS) is 27.3. The number of hydrogen-bond donors (Lipinski definition) is 3. The Bertz CT molecular complexity index is 1400. The molecule has 1 aliphatic heterocycles. The van der Waals surface area contributed by atoms with Gasteiger partial charge in [-0.2, -0.15) is 13.2 Å². The summed E-state index contributed by atoms with van der Waals surface area (Å²) in [5.74, 6) is -3.18. The van der Waals surface area contributed by atoms with E-state index in [1.54, 1.807) is 31.3 Å². The van der Waals surface area contributed by atoms with Crippen molar-refractivity contribution in [3.8, 4) is 0 Å². The van der Waals surface area contributed by atoms with Gasteiger partial charge in [-0.05, 0) is 56.4 Å². The molecule has 3 atom stereocenters. The van der Waals surface area contributed by atoms with Gasteiger partial charge < -0.3 is 15.5 Å². The molecule has 1 aromatic heterocycles. The van der Waals surface area contributed by atoms with Gasteiger partial charge in [0.15, 0.2) is 0 Å². The zero-order chi connectivity index (χ0) is 30.5. The van der Waals surface area contributed by atoms with Gasteiger partial charge in [0.1, 0.15) is 11.0 Å². The minimum atomic E-state index is -4.73. The molecule has 1 spiro atoms. The summed E-state index contributed by atoms with van der Waals surface area (Å²) in [6.07, 6.45) is -1.80. The number of carbonyl (C=O) groups is 1. The second-order valence-corrected chi connectivity index (χ2v) is 12.7. The monoisotopic (exact) mass is 612 g/mol. The van der Waals surface area contributed by atoms with Crippen LogP contribution in [-0.4, -0.2) is 65.6 Å². The predicted octanol–water partition coefficient (Wildman–Crippen LogP) is 6.87. The maximum absolute atomic E-state index is 15.1. The molecule has 0 radical (unpaired) electrons. The minimum absolute atomic E-state index is 0.0908. The number of amides is 1. The fraction of sp³-hybridized carbons (Fsp3) is 0.533. The zero-order valence-corrected chi connectivity index (χ0v) is 24.1. The van der Waals surface area contributed by atoms with Crippen LogP contribution in [-0.2, 0) is 4.79 Å². The van der Waals surface area contributed by atoms with E-state index in [0.29, 0.717) is 43.3 Å². The Hall–Kier alpha value is -2.73. The summed E-state index contributed by atoms with van der Waals surface area (Å²) in [6, 6.07) is 6.33. The number of pyridine rings is 1. The summed E-state index contributed by atoms with van der Waals surface area (Å²) in [5, 5.41) is 6.50. The lowest BCUT2D eigenvalue weighted by Crippen LogP contribution is -2.53. The maximum Gasteiger partial charge on any atom is 0.417 e. The van der Waals surface area contributed by atoms with Crippen molar-refractivity contribution in [1.29, 1.82) is 0 Å². The standard InChI is InChI=1S/C30H34F6N4OS/c1-18(30(34,35)36)25-20-6-3-7-23(39-29(42)12-14-40(2)17-24(29)31)21(20)15-19(38-25)5-4-13-37-26(41)22-16-27(22)8-10-28(32,33)11-9-27/h3-7,15,22,24,39,42H,1,8-14,16-17H2,2H3,(H,37,41)/b5-4+/t22?,24-,29+/m0/s1. The molecular weight excluding hydrogens is 578 g/mol. The van der Waals surface area contributed by atoms with Gasteiger partial charge in [-0.25, -0.2) is 18.2 Å². The molecule has 3 aliphatic rings. The van der Waals surface area contributed by atoms with Crippen LogP contribution < -0.4 is 10.6 Å². The van der Waals surface area contributed by atoms with Gasteiger partial charge in [0, 0.05) is 54.9 Å². The molecular formula is C30H34F6N4OS. The van der Waals surface area contributed by atoms with Crippen LogP contribution in [0, 0.1) is 11.3 Å². The molecule has 5 rings (SSSR count). The second kappa shape index (κ2) is 11.1. The molecule has 2 aliphatic carbocycles. The molecule has 12 heteroatoms. The highest BCUT2D eigenvalue weighted by Gasteiger charge is 2.60. The number of halogens is 6. The third kappa shape index (κ3) is 6.29. The van der Waals surface area contributed by atoms with Gasteiger partial charge in [-0.3, -0.25) is 4.79 Å². The van der Waals surface area contributed by atoms with E-state index >= 15 is 4.39 Å². The molecule has 1 unspecified atom stereocenters. The highest BCUT2D eigenvalue weighted by Crippen LogP contribution is 2.63. The fourth-order valence-corrected chi connectivity index (χ4v) is 6.41. The molecule has 228 valence electrons. The van der Waals surface area contributed by atoms with E-state index < -0.39 is 28.7 Å². The van der Waals surface area contributed by atoms with Crippen LogP contribution in [0.15, 0.2) is 36.9 Å². The predicted molar refractivity (Wildman–Crippen MR) is 155 cm³/mol. The average molecular weight is 613 g/mol. The number of thiol groups is 1. The summed E-state index contributed by atoms with van der Waals surface area (Å²) in [7, 11) is 1.81. The number of piperidine rings is 1. The largest absolute Gasteiger partial charge is 0.417 e. The third-order valence-corrected chi connectivity index (χ3v) is 9.52. The number of nitrogens with one attached hydrogen (secondary N) is 2. The highest BCUT2D eigenvalue weighted by molar-refractivity contribution is 7.82. The molecule has 2 N–H and O–H groups in total. The Labute approximate surface area is 246 Å². The van der Waals surface area contributed by atoms with Gasteiger partial charge in [0.25, 0.3) is 0 Å². The first kappa shape index (κ1) is 30.7. The smallest absolute Gasteiger partial charge is 0.368 e. The quantitative estimate of drug-likeness (QED) is 0.182. The van der Waals surface area contributed by atoms with E-state index in [0.717, 1.165) is 0 Å². The number of likely N-dealkylation sites (tertiary alicyclic amines) is 1. The molecule has 1 saturated heterocycles. The van der Waals surface area contributed by atoms with E-state index in [1.807, 2.05) is 4.90 Å². The average Bonchev–Trinajstić information content (AvgIpc) is 3.64. The van der Waals surface area contributed by atoms with E-state index in [2.05, 4.69) is 34.8 Å². The number of fused-ring (bicyclic) bond motifs is 1. The van der Waals surface area contributed by atoms with Crippen LogP contribution in [0.5, 0.6) is 0 Å². The van der Waals surface area contributed by atoms with Crippen molar-refractivity contribution in [3.05, 3.63) is 48.3 Å². The molecule has 42 heavy (non-hydrogen) atoms. The SMILES string of the molecule is C=C(c1nc(/C=C/CNC(=O)C2CC23CCC(F)(F)CC3)cc2c(N[C@@]3(S)CCN(C)C[C@@H]3F)cccc12)C(F)(F)F. The Morgan fingerprint density at radius 1 is 1.19 bits per heavy atom. The number of allylic oxidation sites excluding steroid dienone is 1. The second-order valence-electron chi connectivity index (χ2n) is 11.9. The third-order valence-electron chi connectivity index (χ3n) is 8.90. The van der Waals surface area contributed by atoms with E-state index in [1.165, 1.54) is 12.1 Å². The summed E-state index contributed by atoms with van der Waals surface area (Å²) in [4.78, 5) is 17.5. The number of rotatable bonds is 7. The van der Waals surface area contributed by atoms with Crippen LogP contribution in [0.3, 0.4) is 0 Å². The van der Waals surface area contributed by atoms with Crippen LogP contribution in [0.25, 0.3) is 22.4 Å². The van der Waals surface area contributed by atoms with Crippen molar-refractivity contribution in [2.45, 2.75) is 61.7 Å². The lowest BCUT2D eigenvalue weighted by molar-refractivity contribution is -0.124. The van der Waals surface area contributed by atoms with Gasteiger partial charge in [0.05, 0.1) is 17.0 Å². The molecule has 1 aromatic carbocycles. The highest BCUT2D eigenvalue weighted by atomic mass is 32.1. The van der Waals surface area contributed by atoms with Crippen molar-refractivity contribution in [1.82, 2.24) is 15.2 Å². The first-order valence-electron chi connectivity index (χ1n) is 14.0. The number of alkyl halides is 6. The van der Waals surface area contributed by atoms with Crippen molar-refractivity contribution < 1.29 is 31.1 Å². The van der Waals surface area contributed by atoms with Crippen LogP contribution in [0.2, 0.25) is 0 Å². The molecule has 2 aromatic rings. The maximum atomic E-state index is 15.1. The Morgan fingerprint density at radius 3 is 2.57 bits per heavy atom. The van der Waals surface area contributed by atoms with Gasteiger partial charge in [0.2, 0.25) is 11.8 Å². The summed E-state index contributed by atoms with van der Waals surface area (Å²) in [6.45, 7) is 4.09. The first-order chi connectivity index (χ1) is 19.6. The van der Waals surface area contributed by atoms with E-state index in [-0.39, 0.29) is 59.9 Å². The first-order valence-corrected chi connectivity index (χ1v) is 14.4. The number of aromatic nitrogens is 1. The molecule has 5 nitrogen and oxygen atoms in total. The van der Waals surface area contributed by atoms with E-state index in [9.17, 15) is 26.7 Å². The van der Waals surface area contributed by atoms with Crippen molar-refractivity contribution in [2.75, 3.05) is 32.0 Å². The number of carbonyl (C=O) groups excluding carboxylic acids is 1. The Balaban J connectivity index is 1.36. The van der Waals surface area contributed by atoms with E-state index in [4.69, 9.17) is 0 Å². The number of hydrogen-bond acceptors (Lipinski definition) is 5. The Kier molecular flexibility index (Phi) is 8.10. The minimum Gasteiger partial charge on any atom is -0.368 e. The van der Waals surface area contributed by atoms with Gasteiger partial charge in [-0.1, -0.05) is 24.8 Å². The van der Waals surface area contributed by atoms with Crippen molar-refractivity contribution in [3.63, 3.8) is 0 Å². The van der Waals surface area contributed by atoms with Crippen LogP contribution in [0.1, 0.15) is 49.9 Å². The number of anilines is 1. The fourth-order valence-electron chi connectivity index (χ4n) is 6.11. The lowest BCUT2D eigenvalue weighted by Gasteiger charge is -2.41. The molecule has 3 fully saturated rings. The molecule has 1 amide bonds. The Morgan fingerprint density at radius 2 is 1.90 bits per heavy atom. The van der Waals surface area contributed by atoms with Crippen LogP contribution in [0.4, 0.5) is 32.0 Å². The van der Waals surface area contributed by atoms with Crippen molar-refractivity contribution in [2.24, 2.45) is 11.3 Å². The van der Waals surface area contributed by atoms with Crippen molar-refractivity contribution >= 4 is 46.6 Å². The summed E-state index contributed by atoms with van der Waals surface area (Å²) >= 11 is 4.60. The topological polar surface area (TPSA) is 57.3 Å². The van der Waals surface area contributed by atoms with Gasteiger partial charge in [-0.15, -0.1) is 12.6 Å². The number of nitrogens with zero attached hydrogens (tertiary/aromatic N) is 2. The molecule has 2 saturated carbocycles. The van der Waals surface area contributed by atoms with Crippen LogP contribution >= 0.6 is 12.6 Å². The lowest BCUT2D eigenvalue weighted by atomic mass is 9.82. The molecule has 2 heterocycles. The number of benzene rings is 1.